The maximum Gasteiger partial charge on any atom is 0.203 e. The molecular formula is C26H31NO3. The molecule has 3 rings (SSSR count). The van der Waals surface area contributed by atoms with Gasteiger partial charge in [-0.05, 0) is 43.1 Å². The quantitative estimate of drug-likeness (QED) is 0.478. The zero-order chi connectivity index (χ0) is 21.3. The van der Waals surface area contributed by atoms with Crippen molar-refractivity contribution in [1.29, 1.82) is 0 Å². The molecule has 0 aromatic heterocycles. The largest absolute Gasteiger partial charge is 0.493 e. The molecule has 0 heterocycles. The molecule has 3 aromatic rings. The Morgan fingerprint density at radius 2 is 1.27 bits per heavy atom. The SMILES string of the molecule is COc1ccc(C(C)NCCC(c2ccccc2)c2ccccc2)c(OC)c1OC. The smallest absolute Gasteiger partial charge is 0.203 e. The van der Waals surface area contributed by atoms with E-state index < -0.39 is 0 Å². The molecule has 1 N–H and O–H groups in total. The van der Waals surface area contributed by atoms with Crippen LogP contribution in [0.1, 0.15) is 42.0 Å². The van der Waals surface area contributed by atoms with E-state index in [1.165, 1.54) is 11.1 Å². The summed E-state index contributed by atoms with van der Waals surface area (Å²) < 4.78 is 16.6. The molecule has 3 aromatic carbocycles. The summed E-state index contributed by atoms with van der Waals surface area (Å²) in [5.74, 6) is 2.34. The number of benzene rings is 3. The Balaban J connectivity index is 1.74. The van der Waals surface area contributed by atoms with Gasteiger partial charge >= 0.3 is 0 Å². The van der Waals surface area contributed by atoms with E-state index in [0.717, 1.165) is 18.5 Å². The van der Waals surface area contributed by atoms with Gasteiger partial charge in [-0.15, -0.1) is 0 Å². The van der Waals surface area contributed by atoms with Crippen molar-refractivity contribution in [2.45, 2.75) is 25.3 Å². The van der Waals surface area contributed by atoms with Crippen molar-refractivity contribution in [3.63, 3.8) is 0 Å². The van der Waals surface area contributed by atoms with Gasteiger partial charge < -0.3 is 19.5 Å². The highest BCUT2D eigenvalue weighted by Gasteiger charge is 2.20. The van der Waals surface area contributed by atoms with Gasteiger partial charge in [0.25, 0.3) is 0 Å². The molecule has 0 bridgehead atoms. The molecule has 158 valence electrons. The minimum atomic E-state index is 0.104. The molecule has 1 atom stereocenters. The van der Waals surface area contributed by atoms with E-state index in [2.05, 4.69) is 72.9 Å². The van der Waals surface area contributed by atoms with Crippen molar-refractivity contribution in [3.05, 3.63) is 89.5 Å². The third kappa shape index (κ3) is 4.95. The first-order chi connectivity index (χ1) is 14.7. The third-order valence-electron chi connectivity index (χ3n) is 5.49. The summed E-state index contributed by atoms with van der Waals surface area (Å²) in [5, 5.41) is 3.66. The van der Waals surface area contributed by atoms with Crippen molar-refractivity contribution >= 4 is 0 Å². The number of hydrogen-bond donors (Lipinski definition) is 1. The van der Waals surface area contributed by atoms with Crippen molar-refractivity contribution in [1.82, 2.24) is 5.32 Å². The van der Waals surface area contributed by atoms with E-state index in [0.29, 0.717) is 23.2 Å². The lowest BCUT2D eigenvalue weighted by molar-refractivity contribution is 0.319. The first-order valence-corrected chi connectivity index (χ1v) is 10.3. The van der Waals surface area contributed by atoms with Crippen LogP contribution in [0.5, 0.6) is 17.2 Å². The lowest BCUT2D eigenvalue weighted by atomic mass is 9.88. The molecule has 0 fully saturated rings. The zero-order valence-electron chi connectivity index (χ0n) is 18.2. The summed E-state index contributed by atoms with van der Waals surface area (Å²) in [7, 11) is 4.92. The van der Waals surface area contributed by atoms with Crippen LogP contribution in [0.15, 0.2) is 72.8 Å². The van der Waals surface area contributed by atoms with Gasteiger partial charge in [-0.25, -0.2) is 0 Å². The molecule has 0 amide bonds. The van der Waals surface area contributed by atoms with Crippen molar-refractivity contribution in [3.8, 4) is 17.2 Å². The molecular weight excluding hydrogens is 374 g/mol. The normalized spacial score (nSPS) is 11.9. The van der Waals surface area contributed by atoms with Crippen LogP contribution in [-0.4, -0.2) is 27.9 Å². The molecule has 0 aliphatic heterocycles. The van der Waals surface area contributed by atoms with Gasteiger partial charge in [0.2, 0.25) is 5.75 Å². The summed E-state index contributed by atoms with van der Waals surface area (Å²) in [6.45, 7) is 3.01. The van der Waals surface area contributed by atoms with Gasteiger partial charge in [-0.1, -0.05) is 60.7 Å². The number of rotatable bonds is 10. The Kier molecular flexibility index (Phi) is 7.75. The lowest BCUT2D eigenvalue weighted by Crippen LogP contribution is -2.22. The Hall–Kier alpha value is -2.98. The summed E-state index contributed by atoms with van der Waals surface area (Å²) in [5.41, 5.74) is 3.72. The predicted molar refractivity (Wildman–Crippen MR) is 122 cm³/mol. The highest BCUT2D eigenvalue weighted by molar-refractivity contribution is 5.56. The molecule has 4 heteroatoms. The van der Waals surface area contributed by atoms with Gasteiger partial charge in [0.05, 0.1) is 21.3 Å². The summed E-state index contributed by atoms with van der Waals surface area (Å²) in [4.78, 5) is 0. The third-order valence-corrected chi connectivity index (χ3v) is 5.49. The minimum Gasteiger partial charge on any atom is -0.493 e. The van der Waals surface area contributed by atoms with E-state index in [9.17, 15) is 0 Å². The number of ether oxygens (including phenoxy) is 3. The molecule has 0 radical (unpaired) electrons. The van der Waals surface area contributed by atoms with Gasteiger partial charge in [0.1, 0.15) is 0 Å². The Labute approximate surface area is 179 Å². The van der Waals surface area contributed by atoms with Crippen LogP contribution in [-0.2, 0) is 0 Å². The fourth-order valence-corrected chi connectivity index (χ4v) is 3.92. The maximum absolute atomic E-state index is 5.65. The average molecular weight is 406 g/mol. The van der Waals surface area contributed by atoms with E-state index in [1.807, 2.05) is 12.1 Å². The molecule has 0 saturated heterocycles. The molecule has 0 spiro atoms. The van der Waals surface area contributed by atoms with E-state index >= 15 is 0 Å². The second-order valence-electron chi connectivity index (χ2n) is 7.26. The van der Waals surface area contributed by atoms with Crippen LogP contribution in [0.2, 0.25) is 0 Å². The fraction of sp³-hybridized carbons (Fsp3) is 0.308. The van der Waals surface area contributed by atoms with E-state index in [4.69, 9.17) is 14.2 Å². The highest BCUT2D eigenvalue weighted by atomic mass is 16.5. The Bertz CT molecular complexity index is 873. The summed E-state index contributed by atoms with van der Waals surface area (Å²) in [6, 6.07) is 25.4. The topological polar surface area (TPSA) is 39.7 Å². The van der Waals surface area contributed by atoms with Crippen LogP contribution in [0, 0.1) is 0 Å². The molecule has 0 aliphatic carbocycles. The number of methoxy groups -OCH3 is 3. The van der Waals surface area contributed by atoms with Gasteiger partial charge in [0, 0.05) is 17.5 Å². The maximum atomic E-state index is 5.65. The summed E-state index contributed by atoms with van der Waals surface area (Å²) >= 11 is 0. The Morgan fingerprint density at radius 3 is 1.77 bits per heavy atom. The standard InChI is InChI=1S/C26H31NO3/c1-19(22-15-16-24(28-2)26(30-4)25(22)29-3)27-18-17-23(20-11-7-5-8-12-20)21-13-9-6-10-14-21/h5-16,19,23,27H,17-18H2,1-4H3. The minimum absolute atomic E-state index is 0.104. The fourth-order valence-electron chi connectivity index (χ4n) is 3.92. The average Bonchev–Trinajstić information content (AvgIpc) is 2.81. The van der Waals surface area contributed by atoms with Crippen LogP contribution >= 0.6 is 0 Å². The molecule has 0 saturated carbocycles. The van der Waals surface area contributed by atoms with Crippen LogP contribution in [0.25, 0.3) is 0 Å². The zero-order valence-corrected chi connectivity index (χ0v) is 18.2. The van der Waals surface area contributed by atoms with Gasteiger partial charge in [-0.2, -0.15) is 0 Å². The van der Waals surface area contributed by atoms with E-state index in [1.54, 1.807) is 21.3 Å². The first-order valence-electron chi connectivity index (χ1n) is 10.3. The number of hydrogen-bond acceptors (Lipinski definition) is 4. The van der Waals surface area contributed by atoms with Crippen LogP contribution in [0.3, 0.4) is 0 Å². The monoisotopic (exact) mass is 405 g/mol. The van der Waals surface area contributed by atoms with Crippen molar-refractivity contribution in [2.24, 2.45) is 0 Å². The van der Waals surface area contributed by atoms with Crippen molar-refractivity contribution < 1.29 is 14.2 Å². The first kappa shape index (κ1) is 21.7. The molecule has 1 unspecified atom stereocenters. The molecule has 0 aliphatic rings. The summed E-state index contributed by atoms with van der Waals surface area (Å²) in [6.07, 6.45) is 0.994. The second kappa shape index (κ2) is 10.7. The van der Waals surface area contributed by atoms with Gasteiger partial charge in [0.15, 0.2) is 11.5 Å². The second-order valence-corrected chi connectivity index (χ2v) is 7.26. The van der Waals surface area contributed by atoms with Crippen LogP contribution < -0.4 is 19.5 Å². The van der Waals surface area contributed by atoms with Gasteiger partial charge in [-0.3, -0.25) is 0 Å². The molecule has 4 nitrogen and oxygen atoms in total. The van der Waals surface area contributed by atoms with E-state index in [-0.39, 0.29) is 6.04 Å². The lowest BCUT2D eigenvalue weighted by Gasteiger charge is -2.23. The highest BCUT2D eigenvalue weighted by Crippen LogP contribution is 2.42. The molecule has 30 heavy (non-hydrogen) atoms. The van der Waals surface area contributed by atoms with Crippen molar-refractivity contribution in [2.75, 3.05) is 27.9 Å². The number of nitrogens with one attached hydrogen (secondary N) is 1. The Morgan fingerprint density at radius 1 is 0.700 bits per heavy atom. The van der Waals surface area contributed by atoms with Crippen LogP contribution in [0.4, 0.5) is 0 Å². The predicted octanol–water partition coefficient (Wildman–Crippen LogP) is 5.59.